The molecule has 1 heterocycles. The molecule has 1 aromatic carbocycles. The number of thiophene rings is 1. The zero-order valence-electron chi connectivity index (χ0n) is 10.1. The second-order valence-electron chi connectivity index (χ2n) is 3.88. The summed E-state index contributed by atoms with van der Waals surface area (Å²) in [7, 11) is 1.62. The van der Waals surface area contributed by atoms with E-state index in [1.54, 1.807) is 13.2 Å². The van der Waals surface area contributed by atoms with Crippen LogP contribution in [0.2, 0.25) is 0 Å². The van der Waals surface area contributed by atoms with Crippen LogP contribution in [0.15, 0.2) is 24.3 Å². The monoisotopic (exact) mass is 263 g/mol. The van der Waals surface area contributed by atoms with Crippen LogP contribution in [0, 0.1) is 6.92 Å². The second-order valence-corrected chi connectivity index (χ2v) is 4.94. The van der Waals surface area contributed by atoms with Crippen molar-refractivity contribution in [2.24, 2.45) is 0 Å². The Morgan fingerprint density at radius 3 is 2.61 bits per heavy atom. The summed E-state index contributed by atoms with van der Waals surface area (Å²) >= 11 is 1.18. The number of nitrogens with two attached hydrogens (primary N) is 1. The molecular weight excluding hydrogens is 250 g/mol. The number of aryl methyl sites for hydroxylation is 1. The Balaban J connectivity index is 2.46. The molecule has 0 saturated heterocycles. The Hall–Kier alpha value is -2.01. The smallest absolute Gasteiger partial charge is 0.348 e. The van der Waals surface area contributed by atoms with Crippen LogP contribution < -0.4 is 10.5 Å². The standard InChI is InChI=1S/C13H13NO3S/c1-7-5-8(3-4-10(7)17-2)11-6-9(14)12(18-11)13(15)16/h3-6H,14H2,1-2H3,(H,15,16). The number of carbonyl (C=O) groups is 1. The first-order valence-corrected chi connectivity index (χ1v) is 6.12. The van der Waals surface area contributed by atoms with Gasteiger partial charge in [-0.05, 0) is 42.3 Å². The molecule has 0 fully saturated rings. The van der Waals surface area contributed by atoms with Crippen LogP contribution in [0.5, 0.6) is 5.75 Å². The van der Waals surface area contributed by atoms with Crippen molar-refractivity contribution in [3.8, 4) is 16.2 Å². The van der Waals surface area contributed by atoms with E-state index in [9.17, 15) is 4.79 Å². The van der Waals surface area contributed by atoms with E-state index >= 15 is 0 Å². The molecule has 1 aromatic heterocycles. The summed E-state index contributed by atoms with van der Waals surface area (Å²) < 4.78 is 5.19. The lowest BCUT2D eigenvalue weighted by atomic mass is 10.1. The molecule has 0 spiro atoms. The molecule has 94 valence electrons. The summed E-state index contributed by atoms with van der Waals surface area (Å²) in [6.07, 6.45) is 0. The highest BCUT2D eigenvalue weighted by Gasteiger charge is 2.14. The van der Waals surface area contributed by atoms with E-state index in [1.807, 2.05) is 25.1 Å². The molecule has 4 nitrogen and oxygen atoms in total. The van der Waals surface area contributed by atoms with E-state index in [-0.39, 0.29) is 4.88 Å². The lowest BCUT2D eigenvalue weighted by Gasteiger charge is -2.05. The zero-order valence-corrected chi connectivity index (χ0v) is 10.9. The lowest BCUT2D eigenvalue weighted by molar-refractivity contribution is 0.0703. The third-order valence-corrected chi connectivity index (χ3v) is 3.82. The topological polar surface area (TPSA) is 72.5 Å². The number of benzene rings is 1. The van der Waals surface area contributed by atoms with Crippen molar-refractivity contribution in [2.45, 2.75) is 6.92 Å². The van der Waals surface area contributed by atoms with Gasteiger partial charge in [0.05, 0.1) is 12.8 Å². The Bertz CT molecular complexity index is 604. The van der Waals surface area contributed by atoms with Crippen molar-refractivity contribution in [2.75, 3.05) is 12.8 Å². The first kappa shape index (κ1) is 12.4. The summed E-state index contributed by atoms with van der Waals surface area (Å²) in [5, 5.41) is 8.97. The number of methoxy groups -OCH3 is 1. The van der Waals surface area contributed by atoms with Crippen molar-refractivity contribution in [3.63, 3.8) is 0 Å². The van der Waals surface area contributed by atoms with Gasteiger partial charge in [0, 0.05) is 4.88 Å². The minimum absolute atomic E-state index is 0.179. The maximum absolute atomic E-state index is 10.9. The van der Waals surface area contributed by atoms with Gasteiger partial charge in [0.25, 0.3) is 0 Å². The summed E-state index contributed by atoms with van der Waals surface area (Å²) in [4.78, 5) is 12.0. The van der Waals surface area contributed by atoms with E-state index in [0.29, 0.717) is 5.69 Å². The number of nitrogen functional groups attached to an aromatic ring is 1. The lowest BCUT2D eigenvalue weighted by Crippen LogP contribution is -1.96. The van der Waals surface area contributed by atoms with Crippen molar-refractivity contribution in [1.29, 1.82) is 0 Å². The summed E-state index contributed by atoms with van der Waals surface area (Å²) in [6, 6.07) is 7.40. The molecule has 18 heavy (non-hydrogen) atoms. The van der Waals surface area contributed by atoms with Crippen molar-refractivity contribution in [3.05, 3.63) is 34.7 Å². The minimum atomic E-state index is -0.992. The third kappa shape index (κ3) is 2.17. The largest absolute Gasteiger partial charge is 0.496 e. The average Bonchev–Trinajstić information content (AvgIpc) is 2.71. The van der Waals surface area contributed by atoms with E-state index in [1.165, 1.54) is 11.3 Å². The summed E-state index contributed by atoms with van der Waals surface area (Å²) in [5.41, 5.74) is 7.92. The molecule has 0 bridgehead atoms. The van der Waals surface area contributed by atoms with Gasteiger partial charge < -0.3 is 15.6 Å². The molecule has 0 aliphatic carbocycles. The Morgan fingerprint density at radius 1 is 1.39 bits per heavy atom. The van der Waals surface area contributed by atoms with E-state index < -0.39 is 5.97 Å². The number of ether oxygens (including phenoxy) is 1. The van der Waals surface area contributed by atoms with Crippen molar-refractivity contribution >= 4 is 23.0 Å². The average molecular weight is 263 g/mol. The second kappa shape index (κ2) is 4.70. The molecule has 5 heteroatoms. The fourth-order valence-electron chi connectivity index (χ4n) is 1.75. The highest BCUT2D eigenvalue weighted by Crippen LogP contribution is 2.35. The Labute approximate surface area is 109 Å². The van der Waals surface area contributed by atoms with Gasteiger partial charge in [-0.2, -0.15) is 0 Å². The van der Waals surface area contributed by atoms with Crippen LogP contribution in [0.4, 0.5) is 5.69 Å². The number of rotatable bonds is 3. The van der Waals surface area contributed by atoms with Crippen molar-refractivity contribution < 1.29 is 14.6 Å². The number of carboxylic acids is 1. The number of carboxylic acid groups (broad SMARTS) is 1. The van der Waals surface area contributed by atoms with Gasteiger partial charge >= 0.3 is 5.97 Å². The van der Waals surface area contributed by atoms with E-state index in [2.05, 4.69) is 0 Å². The molecule has 0 amide bonds. The van der Waals surface area contributed by atoms with Crippen LogP contribution in [0.25, 0.3) is 10.4 Å². The normalized spacial score (nSPS) is 10.3. The SMILES string of the molecule is COc1ccc(-c2cc(N)c(C(=O)O)s2)cc1C. The van der Waals surface area contributed by atoms with Crippen LogP contribution >= 0.6 is 11.3 Å². The van der Waals surface area contributed by atoms with Crippen LogP contribution in [-0.2, 0) is 0 Å². The highest BCUT2D eigenvalue weighted by atomic mass is 32.1. The molecule has 0 unspecified atom stereocenters. The van der Waals surface area contributed by atoms with Gasteiger partial charge in [-0.15, -0.1) is 11.3 Å². The molecule has 0 atom stereocenters. The molecule has 0 aliphatic rings. The quantitative estimate of drug-likeness (QED) is 0.892. The molecule has 2 rings (SSSR count). The van der Waals surface area contributed by atoms with Gasteiger partial charge in [0.15, 0.2) is 0 Å². The molecule has 2 aromatic rings. The van der Waals surface area contributed by atoms with Gasteiger partial charge in [0.2, 0.25) is 0 Å². The number of anilines is 1. The number of hydrogen-bond acceptors (Lipinski definition) is 4. The van der Waals surface area contributed by atoms with Gasteiger partial charge in [-0.1, -0.05) is 0 Å². The van der Waals surface area contributed by atoms with Crippen LogP contribution in [0.3, 0.4) is 0 Å². The molecule has 0 saturated carbocycles. The fraction of sp³-hybridized carbons (Fsp3) is 0.154. The van der Waals surface area contributed by atoms with Crippen LogP contribution in [-0.4, -0.2) is 18.2 Å². The summed E-state index contributed by atoms with van der Waals surface area (Å²) in [6.45, 7) is 1.94. The molecule has 0 radical (unpaired) electrons. The highest BCUT2D eigenvalue weighted by molar-refractivity contribution is 7.17. The maximum Gasteiger partial charge on any atom is 0.348 e. The number of aromatic carboxylic acids is 1. The van der Waals surface area contributed by atoms with Crippen LogP contribution in [0.1, 0.15) is 15.2 Å². The van der Waals surface area contributed by atoms with E-state index in [4.69, 9.17) is 15.6 Å². The molecule has 3 N–H and O–H groups in total. The van der Waals surface area contributed by atoms with Gasteiger partial charge in [-0.25, -0.2) is 4.79 Å². The third-order valence-electron chi connectivity index (χ3n) is 2.63. The maximum atomic E-state index is 10.9. The first-order valence-electron chi connectivity index (χ1n) is 5.30. The zero-order chi connectivity index (χ0) is 13.3. The minimum Gasteiger partial charge on any atom is -0.496 e. The predicted octanol–water partition coefficient (Wildman–Crippen LogP) is 3.01. The number of hydrogen-bond donors (Lipinski definition) is 2. The Kier molecular flexibility index (Phi) is 3.25. The molecule has 0 aliphatic heterocycles. The van der Waals surface area contributed by atoms with Gasteiger partial charge in [0.1, 0.15) is 10.6 Å². The fourth-order valence-corrected chi connectivity index (χ4v) is 2.66. The van der Waals surface area contributed by atoms with Gasteiger partial charge in [-0.3, -0.25) is 0 Å². The Morgan fingerprint density at radius 2 is 2.11 bits per heavy atom. The van der Waals surface area contributed by atoms with E-state index in [0.717, 1.165) is 21.8 Å². The summed E-state index contributed by atoms with van der Waals surface area (Å²) in [5.74, 6) is -0.185. The van der Waals surface area contributed by atoms with Crippen molar-refractivity contribution in [1.82, 2.24) is 0 Å². The molecular formula is C13H13NO3S. The predicted molar refractivity (Wildman–Crippen MR) is 72.4 cm³/mol. The first-order chi connectivity index (χ1) is 8.52.